The number of alkyl halides is 3. The molecular weight excluding hydrogens is 361 g/mol. The summed E-state index contributed by atoms with van der Waals surface area (Å²) in [5.74, 6) is 0.960. The Morgan fingerprint density at radius 3 is 2.74 bits per heavy atom. The summed E-state index contributed by atoms with van der Waals surface area (Å²) in [7, 11) is 0. The van der Waals surface area contributed by atoms with Crippen molar-refractivity contribution in [1.29, 1.82) is 0 Å². The molecule has 9 heteroatoms. The van der Waals surface area contributed by atoms with Gasteiger partial charge in [0.05, 0.1) is 23.8 Å². The van der Waals surface area contributed by atoms with Gasteiger partial charge in [-0.1, -0.05) is 18.2 Å². The lowest BCUT2D eigenvalue weighted by Gasteiger charge is -2.17. The third-order valence-corrected chi connectivity index (χ3v) is 4.62. The maximum Gasteiger partial charge on any atom is 0.416 e. The lowest BCUT2D eigenvalue weighted by molar-refractivity contribution is -0.137. The Kier molecular flexibility index (Phi) is 4.01. The number of benzene rings is 1. The molecule has 1 saturated carbocycles. The standard InChI is InChI=1S/C18H15F3N4O2/c19-18(20,21)12-4-1-3-11(9-12)17(6-7-17)16(26)22-10-14-23-15(25-24-14)13-5-2-8-27-13/h1-5,8-9H,6-7,10H2,(H,22,26)(H,23,24,25). The molecule has 0 saturated heterocycles. The monoisotopic (exact) mass is 376 g/mol. The van der Waals surface area contributed by atoms with Crippen LogP contribution in [0.1, 0.15) is 29.8 Å². The SMILES string of the molecule is O=C(NCc1nc(-c2ccco2)n[nH]1)C1(c2cccc(C(F)(F)F)c2)CC1. The first-order valence-electron chi connectivity index (χ1n) is 8.30. The van der Waals surface area contributed by atoms with Crippen LogP contribution in [0, 0.1) is 0 Å². The van der Waals surface area contributed by atoms with Gasteiger partial charge in [-0.25, -0.2) is 4.98 Å². The molecule has 1 aliphatic carbocycles. The molecule has 2 N–H and O–H groups in total. The van der Waals surface area contributed by atoms with Crippen LogP contribution in [0.2, 0.25) is 0 Å². The van der Waals surface area contributed by atoms with Crippen LogP contribution in [0.25, 0.3) is 11.6 Å². The summed E-state index contributed by atoms with van der Waals surface area (Å²) < 4.78 is 44.0. The van der Waals surface area contributed by atoms with E-state index in [1.807, 2.05) is 0 Å². The average Bonchev–Trinajstić information content (AvgIpc) is 3.06. The third kappa shape index (κ3) is 3.32. The van der Waals surface area contributed by atoms with Crippen molar-refractivity contribution >= 4 is 5.91 Å². The molecule has 1 fully saturated rings. The van der Waals surface area contributed by atoms with Gasteiger partial charge in [-0.2, -0.15) is 13.2 Å². The molecule has 4 rings (SSSR count). The normalized spacial score (nSPS) is 15.5. The highest BCUT2D eigenvalue weighted by Crippen LogP contribution is 2.49. The number of hydrogen-bond donors (Lipinski definition) is 2. The molecule has 0 bridgehead atoms. The van der Waals surface area contributed by atoms with Gasteiger partial charge in [0.1, 0.15) is 5.82 Å². The number of hydrogen-bond acceptors (Lipinski definition) is 4. The van der Waals surface area contributed by atoms with Crippen molar-refractivity contribution in [2.24, 2.45) is 0 Å². The first kappa shape index (κ1) is 17.3. The Morgan fingerprint density at radius 2 is 2.07 bits per heavy atom. The lowest BCUT2D eigenvalue weighted by atomic mass is 9.93. The fourth-order valence-electron chi connectivity index (χ4n) is 2.99. The van der Waals surface area contributed by atoms with Gasteiger partial charge in [-0.3, -0.25) is 9.89 Å². The number of nitrogens with zero attached hydrogens (tertiary/aromatic N) is 2. The first-order valence-corrected chi connectivity index (χ1v) is 8.30. The predicted octanol–water partition coefficient (Wildman–Crippen LogP) is 3.43. The summed E-state index contributed by atoms with van der Waals surface area (Å²) in [5, 5.41) is 9.44. The smallest absolute Gasteiger partial charge is 0.416 e. The van der Waals surface area contributed by atoms with Gasteiger partial charge in [0, 0.05) is 0 Å². The van der Waals surface area contributed by atoms with E-state index in [1.54, 1.807) is 18.2 Å². The summed E-state index contributed by atoms with van der Waals surface area (Å²) in [6.07, 6.45) is -1.92. The summed E-state index contributed by atoms with van der Waals surface area (Å²) in [5.41, 5.74) is -1.29. The van der Waals surface area contributed by atoms with E-state index in [2.05, 4.69) is 20.5 Å². The molecule has 2 heterocycles. The Bertz CT molecular complexity index is 959. The minimum absolute atomic E-state index is 0.0905. The predicted molar refractivity (Wildman–Crippen MR) is 88.3 cm³/mol. The number of rotatable bonds is 5. The van der Waals surface area contributed by atoms with Crippen LogP contribution >= 0.6 is 0 Å². The first-order chi connectivity index (χ1) is 12.9. The van der Waals surface area contributed by atoms with E-state index in [9.17, 15) is 18.0 Å². The van der Waals surface area contributed by atoms with Gasteiger partial charge in [0.25, 0.3) is 0 Å². The van der Waals surface area contributed by atoms with Crippen molar-refractivity contribution in [3.63, 3.8) is 0 Å². The number of nitrogens with one attached hydrogen (secondary N) is 2. The zero-order valence-corrected chi connectivity index (χ0v) is 14.0. The molecule has 2 aromatic heterocycles. The number of amides is 1. The lowest BCUT2D eigenvalue weighted by Crippen LogP contribution is -2.34. The van der Waals surface area contributed by atoms with Gasteiger partial charge in [0.2, 0.25) is 11.7 Å². The summed E-state index contributed by atoms with van der Waals surface area (Å²) >= 11 is 0. The highest BCUT2D eigenvalue weighted by Gasteiger charge is 2.51. The molecule has 0 unspecified atom stereocenters. The molecule has 1 aliphatic rings. The molecule has 6 nitrogen and oxygen atoms in total. The van der Waals surface area contributed by atoms with Crippen LogP contribution in [0.15, 0.2) is 47.1 Å². The summed E-state index contributed by atoms with van der Waals surface area (Å²) in [6, 6.07) is 8.36. The molecule has 0 atom stereocenters. The van der Waals surface area contributed by atoms with E-state index >= 15 is 0 Å². The van der Waals surface area contributed by atoms with E-state index < -0.39 is 17.2 Å². The molecule has 27 heavy (non-hydrogen) atoms. The Hall–Kier alpha value is -3.10. The Labute approximate surface area is 151 Å². The maximum atomic E-state index is 12.9. The van der Waals surface area contributed by atoms with Crippen molar-refractivity contribution in [3.8, 4) is 11.6 Å². The van der Waals surface area contributed by atoms with Crippen LogP contribution in [-0.4, -0.2) is 21.1 Å². The van der Waals surface area contributed by atoms with Crippen molar-refractivity contribution in [2.45, 2.75) is 31.0 Å². The molecule has 0 spiro atoms. The summed E-state index contributed by atoms with van der Waals surface area (Å²) in [6.45, 7) is 0.0905. The van der Waals surface area contributed by atoms with Crippen molar-refractivity contribution < 1.29 is 22.4 Å². The van der Waals surface area contributed by atoms with E-state index in [0.717, 1.165) is 12.1 Å². The highest BCUT2D eigenvalue weighted by atomic mass is 19.4. The average molecular weight is 376 g/mol. The number of carbonyl (C=O) groups excluding carboxylic acids is 1. The van der Waals surface area contributed by atoms with E-state index in [4.69, 9.17) is 4.42 Å². The van der Waals surface area contributed by atoms with Crippen LogP contribution in [0.4, 0.5) is 13.2 Å². The van der Waals surface area contributed by atoms with Crippen molar-refractivity contribution in [2.75, 3.05) is 0 Å². The molecule has 140 valence electrons. The largest absolute Gasteiger partial charge is 0.461 e. The molecule has 1 amide bonds. The third-order valence-electron chi connectivity index (χ3n) is 4.62. The number of aromatic amines is 1. The number of halogens is 3. The molecular formula is C18H15F3N4O2. The van der Waals surface area contributed by atoms with Gasteiger partial charge in [-0.15, -0.1) is 5.10 Å². The van der Waals surface area contributed by atoms with Crippen LogP contribution < -0.4 is 5.32 Å². The fraction of sp³-hybridized carbons (Fsp3) is 0.278. The summed E-state index contributed by atoms with van der Waals surface area (Å²) in [4.78, 5) is 16.8. The Morgan fingerprint density at radius 1 is 1.26 bits per heavy atom. The Balaban J connectivity index is 1.46. The van der Waals surface area contributed by atoms with Crippen LogP contribution in [-0.2, 0) is 22.9 Å². The van der Waals surface area contributed by atoms with Crippen molar-refractivity contribution in [1.82, 2.24) is 20.5 Å². The minimum atomic E-state index is -4.44. The van der Waals surface area contributed by atoms with Gasteiger partial charge < -0.3 is 9.73 Å². The topological polar surface area (TPSA) is 83.8 Å². The number of H-pyrrole nitrogens is 1. The molecule has 1 aromatic carbocycles. The molecule has 3 aromatic rings. The quantitative estimate of drug-likeness (QED) is 0.715. The highest BCUT2D eigenvalue weighted by molar-refractivity contribution is 5.91. The van der Waals surface area contributed by atoms with Crippen LogP contribution in [0.3, 0.4) is 0 Å². The second kappa shape index (κ2) is 6.26. The molecule has 0 aliphatic heterocycles. The van der Waals surface area contributed by atoms with Crippen molar-refractivity contribution in [3.05, 3.63) is 59.6 Å². The van der Waals surface area contributed by atoms with Gasteiger partial charge in [0.15, 0.2) is 5.76 Å². The second-order valence-corrected chi connectivity index (χ2v) is 6.43. The second-order valence-electron chi connectivity index (χ2n) is 6.43. The fourth-order valence-corrected chi connectivity index (χ4v) is 2.99. The van der Waals surface area contributed by atoms with Gasteiger partial charge >= 0.3 is 6.18 Å². The minimum Gasteiger partial charge on any atom is -0.461 e. The number of furan rings is 1. The van der Waals surface area contributed by atoms with E-state index in [-0.39, 0.29) is 12.5 Å². The number of aromatic nitrogens is 3. The number of carbonyl (C=O) groups is 1. The van der Waals surface area contributed by atoms with Crippen LogP contribution in [0.5, 0.6) is 0 Å². The van der Waals surface area contributed by atoms with Gasteiger partial charge in [-0.05, 0) is 36.6 Å². The maximum absolute atomic E-state index is 12.9. The molecule has 0 radical (unpaired) electrons. The zero-order valence-electron chi connectivity index (χ0n) is 14.0. The van der Waals surface area contributed by atoms with E-state index in [0.29, 0.717) is 35.8 Å². The van der Waals surface area contributed by atoms with E-state index in [1.165, 1.54) is 12.3 Å². The zero-order chi connectivity index (χ0) is 19.1.